The number of hydrogen-bond acceptors (Lipinski definition) is 11. The topological polar surface area (TPSA) is 120 Å². The summed E-state index contributed by atoms with van der Waals surface area (Å²) in [5, 5.41) is 0. The van der Waals surface area contributed by atoms with Crippen LogP contribution in [0, 0.1) is 171 Å². The van der Waals surface area contributed by atoms with Crippen molar-refractivity contribution in [2.45, 2.75) is 320 Å². The number of rotatable bonds is 6. The van der Waals surface area contributed by atoms with Gasteiger partial charge in [0.05, 0.1) is 43.8 Å². The van der Waals surface area contributed by atoms with E-state index in [1.807, 2.05) is 31.0 Å². The van der Waals surface area contributed by atoms with Crippen LogP contribution in [0.1, 0.15) is 312 Å². The summed E-state index contributed by atoms with van der Waals surface area (Å²) in [6.07, 6.45) is 74.9. The summed E-state index contributed by atoms with van der Waals surface area (Å²) in [6.45, 7) is 39.0. The second-order valence-corrected chi connectivity index (χ2v) is 48.0. The van der Waals surface area contributed by atoms with E-state index in [1.165, 1.54) is 248 Å². The normalized spacial score (nSPS) is 45.2. The minimum absolute atomic E-state index is 0.290. The van der Waals surface area contributed by atoms with E-state index in [0.29, 0.717) is 79.3 Å². The van der Waals surface area contributed by atoms with Gasteiger partial charge in [-0.2, -0.15) is 0 Å². The molecule has 11 heteroatoms. The predicted molar refractivity (Wildman–Crippen MR) is 507 cm³/mol. The molecule has 30 atom stereocenters. The second kappa shape index (κ2) is 32.8. The lowest BCUT2D eigenvalue weighted by molar-refractivity contribution is -0.0889. The van der Waals surface area contributed by atoms with Crippen molar-refractivity contribution in [3.8, 4) is 5.75 Å². The van der Waals surface area contributed by atoms with Crippen LogP contribution in [0.25, 0.3) is 27.9 Å². The number of pyridine rings is 5. The van der Waals surface area contributed by atoms with Gasteiger partial charge < -0.3 is 28.4 Å². The summed E-state index contributed by atoms with van der Waals surface area (Å²) < 4.78 is 36.1. The monoisotopic (exact) mass is 1700 g/mol. The van der Waals surface area contributed by atoms with Crippen LogP contribution in [-0.2, 0) is 23.7 Å². The average molecular weight is 1700 g/mol. The molecule has 0 spiro atoms. The van der Waals surface area contributed by atoms with Crippen LogP contribution in [0.4, 0.5) is 0 Å². The fraction of sp³-hybridized carbons (Fsp3) is 0.696. The third-order valence-corrected chi connectivity index (χ3v) is 42.6. The van der Waals surface area contributed by atoms with Gasteiger partial charge in [-0.15, -0.1) is 0 Å². The summed E-state index contributed by atoms with van der Waals surface area (Å²) >= 11 is 0. The highest BCUT2D eigenvalue weighted by molar-refractivity contribution is 5.77. The molecule has 676 valence electrons. The van der Waals surface area contributed by atoms with Crippen LogP contribution in [0.3, 0.4) is 0 Å². The standard InChI is InChI=1S/C23H31NO2.4C23H31NO/c1-22-9-8-20-17(4-7-21-23(20,2)10-11-26-21)19(22)6-5-18(22)15-12-16(25-3)14-24-13-15;4*1-15-12-16(14-24-13-15)18-5-6-19-17-4-7-21-23(3,10-11-25-21)20(17)8-9-22(18,19)2/h5,12-14,17,19-21H,4,6-11H2,1-3H3;4*5,12-14,17,19-21H,4,6-11H2,1-3H3/t3*17-,19-,20-,21?,22+,23+;17-,19-,20-,21+,22+,23+;17-,19-,20-,21-,22+,23+/m00000/s1. The Morgan fingerprint density at radius 2 is 0.452 bits per heavy atom. The van der Waals surface area contributed by atoms with E-state index < -0.39 is 0 Å². The van der Waals surface area contributed by atoms with Crippen LogP contribution < -0.4 is 4.74 Å². The van der Waals surface area contributed by atoms with Gasteiger partial charge in [0.1, 0.15) is 5.75 Å². The molecule has 0 amide bonds. The number of aromatic nitrogens is 5. The molecule has 0 bridgehead atoms. The molecule has 5 aliphatic heterocycles. The van der Waals surface area contributed by atoms with Gasteiger partial charge in [-0.3, -0.25) is 24.9 Å². The Labute approximate surface area is 758 Å². The summed E-state index contributed by atoms with van der Waals surface area (Å²) in [5.41, 5.74) is 23.6. The van der Waals surface area contributed by atoms with Crippen molar-refractivity contribution in [3.63, 3.8) is 0 Å². The SMILES string of the molecule is COc1cncc(C2=CC[C@H]3[C@@H]4CCC5OCC[C@]5(C)[C@H]4CC[C@]23C)c1.Cc1cncc(C2=CC[C@H]3[C@@H]4CCC5OCC[C@]5(C)[C@H]4CC[C@]23C)c1.Cc1cncc(C2=CC[C@H]3[C@@H]4CCC5OCC[C@]5(C)[C@H]4CC[C@]23C)c1.Cc1cncc(C2=CC[C@H]3[C@@H]4CC[C@@H]5OCC[C@]5(C)[C@H]4CC[C@]23C)c1.Cc1cncc(C2=CC[C@H]3[C@@H]4CC[C@H]5OCC[C@]5(C)[C@H]4CC[C@]23C)c1. The third kappa shape index (κ3) is 13.9. The molecule has 10 saturated carbocycles. The molecule has 15 fully saturated rings. The molecule has 11 nitrogen and oxygen atoms in total. The molecular weight excluding hydrogens is 1550 g/mol. The molecule has 126 heavy (non-hydrogen) atoms. The maximum Gasteiger partial charge on any atom is 0.137 e. The molecule has 0 aromatic carbocycles. The van der Waals surface area contributed by atoms with Gasteiger partial charge in [-0.25, -0.2) is 0 Å². The highest BCUT2D eigenvalue weighted by Gasteiger charge is 2.66. The van der Waals surface area contributed by atoms with Crippen LogP contribution in [-0.4, -0.2) is 95.6 Å². The quantitative estimate of drug-likeness (QED) is 0.162. The Balaban J connectivity index is 0.0000000961. The van der Waals surface area contributed by atoms with Crippen molar-refractivity contribution >= 4 is 27.9 Å². The van der Waals surface area contributed by atoms with Crippen molar-refractivity contribution < 1.29 is 28.4 Å². The molecule has 10 heterocycles. The summed E-state index contributed by atoms with van der Waals surface area (Å²) in [6, 6.07) is 11.5. The molecule has 25 rings (SSSR count). The van der Waals surface area contributed by atoms with Gasteiger partial charge in [-0.1, -0.05) is 99.6 Å². The van der Waals surface area contributed by atoms with Crippen molar-refractivity contribution in [1.82, 2.24) is 24.9 Å². The van der Waals surface area contributed by atoms with Crippen molar-refractivity contribution in [2.75, 3.05) is 40.1 Å². The fourth-order valence-corrected chi connectivity index (χ4v) is 35.9. The minimum Gasteiger partial charge on any atom is -0.495 e. The van der Waals surface area contributed by atoms with Gasteiger partial charge >= 0.3 is 0 Å². The van der Waals surface area contributed by atoms with E-state index in [1.54, 1.807) is 35.6 Å². The molecule has 20 aliphatic rings. The van der Waals surface area contributed by atoms with Crippen LogP contribution in [0.2, 0.25) is 0 Å². The Hall–Kier alpha value is -5.95. The molecule has 5 saturated heterocycles. The summed E-state index contributed by atoms with van der Waals surface area (Å²) in [7, 11) is 1.72. The lowest BCUT2D eigenvalue weighted by Gasteiger charge is -2.56. The third-order valence-electron chi connectivity index (χ3n) is 42.6. The largest absolute Gasteiger partial charge is 0.495 e. The van der Waals surface area contributed by atoms with Gasteiger partial charge in [-0.05, 0) is 472 Å². The highest BCUT2D eigenvalue weighted by atomic mass is 16.5. The number of nitrogens with zero attached hydrogens (tertiary/aromatic N) is 5. The summed E-state index contributed by atoms with van der Waals surface area (Å²) in [5.74, 6) is 13.6. The van der Waals surface area contributed by atoms with Crippen molar-refractivity contribution in [2.24, 2.45) is 143 Å². The molecule has 0 N–H and O–H groups in total. The van der Waals surface area contributed by atoms with E-state index in [4.69, 9.17) is 28.4 Å². The first-order valence-electron chi connectivity index (χ1n) is 51.4. The predicted octanol–water partition coefficient (Wildman–Crippen LogP) is 26.8. The first-order valence-corrected chi connectivity index (χ1v) is 51.4. The number of ether oxygens (including phenoxy) is 6. The molecule has 5 aromatic heterocycles. The Bertz CT molecular complexity index is 4590. The van der Waals surface area contributed by atoms with Gasteiger partial charge in [0.25, 0.3) is 0 Å². The Morgan fingerprint density at radius 1 is 0.246 bits per heavy atom. The lowest BCUT2D eigenvalue weighted by Crippen LogP contribution is -2.51. The van der Waals surface area contributed by atoms with E-state index in [-0.39, 0.29) is 5.41 Å². The number of aryl methyl sites for hydroxylation is 4. The van der Waals surface area contributed by atoms with Crippen molar-refractivity contribution in [1.29, 1.82) is 0 Å². The first kappa shape index (κ1) is 86.7. The van der Waals surface area contributed by atoms with Crippen LogP contribution >= 0.6 is 0 Å². The zero-order chi connectivity index (χ0) is 86.9. The van der Waals surface area contributed by atoms with Crippen molar-refractivity contribution in [3.05, 3.63) is 173 Å². The number of allylic oxidation sites excluding steroid dienone is 10. The summed E-state index contributed by atoms with van der Waals surface area (Å²) in [4.78, 5) is 22.3. The average Bonchev–Trinajstić information content (AvgIpc) is 1.54. The first-order chi connectivity index (χ1) is 60.6. The molecule has 5 aromatic rings. The second-order valence-electron chi connectivity index (χ2n) is 48.0. The van der Waals surface area contributed by atoms with E-state index in [0.717, 1.165) is 128 Å². The van der Waals surface area contributed by atoms with E-state index >= 15 is 0 Å². The Kier molecular flexibility index (Phi) is 22.6. The zero-order valence-corrected chi connectivity index (χ0v) is 80.0. The lowest BCUT2D eigenvalue weighted by atomic mass is 9.48. The molecule has 3 unspecified atom stereocenters. The zero-order valence-electron chi connectivity index (χ0n) is 80.0. The number of methoxy groups -OCH3 is 1. The molecule has 15 aliphatic carbocycles. The molecular formula is C115H155N5O6. The smallest absolute Gasteiger partial charge is 0.137 e. The highest BCUT2D eigenvalue weighted by Crippen LogP contribution is 2.73. The minimum atomic E-state index is 0.290. The number of fused-ring (bicyclic) bond motifs is 25. The van der Waals surface area contributed by atoms with Crippen LogP contribution in [0.5, 0.6) is 5.75 Å². The van der Waals surface area contributed by atoms with E-state index in [2.05, 4.69) is 207 Å². The van der Waals surface area contributed by atoms with Gasteiger partial charge in [0.15, 0.2) is 0 Å². The fourth-order valence-electron chi connectivity index (χ4n) is 35.9. The maximum absolute atomic E-state index is 6.13. The van der Waals surface area contributed by atoms with E-state index in [9.17, 15) is 0 Å². The maximum atomic E-state index is 6.13. The van der Waals surface area contributed by atoms with Gasteiger partial charge in [0.2, 0.25) is 0 Å². The Morgan fingerprint density at radius 3 is 0.659 bits per heavy atom. The number of hydrogen-bond donors (Lipinski definition) is 0. The molecule has 0 radical (unpaired) electrons. The van der Waals surface area contributed by atoms with Gasteiger partial charge in [0, 0.05) is 88.8 Å². The van der Waals surface area contributed by atoms with Crippen LogP contribution in [0.15, 0.2) is 123 Å².